The molecule has 25 heavy (non-hydrogen) atoms. The van der Waals surface area contributed by atoms with Crippen molar-refractivity contribution in [1.29, 1.82) is 0 Å². The number of aromatic nitrogens is 4. The summed E-state index contributed by atoms with van der Waals surface area (Å²) in [6.07, 6.45) is 9.15. The van der Waals surface area contributed by atoms with Gasteiger partial charge in [-0.05, 0) is 38.2 Å². The average molecular weight is 355 g/mol. The second-order valence-corrected chi connectivity index (χ2v) is 7.17. The number of fused-ring (bicyclic) bond motifs is 3. The summed E-state index contributed by atoms with van der Waals surface area (Å²) >= 11 is 1.67. The van der Waals surface area contributed by atoms with Crippen molar-refractivity contribution in [2.24, 2.45) is 0 Å². The predicted molar refractivity (Wildman–Crippen MR) is 95.8 cm³/mol. The fourth-order valence-corrected chi connectivity index (χ4v) is 4.32. The first kappa shape index (κ1) is 15.9. The summed E-state index contributed by atoms with van der Waals surface area (Å²) in [4.78, 5) is 31.1. The molecule has 0 saturated carbocycles. The van der Waals surface area contributed by atoms with Crippen LogP contribution in [0.5, 0.6) is 0 Å². The first-order valence-electron chi connectivity index (χ1n) is 8.21. The summed E-state index contributed by atoms with van der Waals surface area (Å²) in [6, 6.07) is -0.744. The molecule has 0 aliphatic heterocycles. The Kier molecular flexibility index (Phi) is 4.04. The molecule has 0 unspecified atom stereocenters. The first-order chi connectivity index (χ1) is 12.1. The van der Waals surface area contributed by atoms with E-state index in [0.29, 0.717) is 17.3 Å². The molecule has 0 fully saturated rings. The molecule has 1 aliphatic rings. The molecule has 0 spiro atoms. The van der Waals surface area contributed by atoms with E-state index in [1.807, 2.05) is 0 Å². The molecule has 8 heteroatoms. The highest BCUT2D eigenvalue weighted by Crippen LogP contribution is 2.39. The summed E-state index contributed by atoms with van der Waals surface area (Å²) in [5.41, 5.74) is 1.83. The van der Waals surface area contributed by atoms with Crippen LogP contribution in [0.25, 0.3) is 21.7 Å². The third-order valence-electron chi connectivity index (χ3n) is 4.33. The van der Waals surface area contributed by atoms with E-state index in [4.69, 9.17) is 0 Å². The molecule has 0 radical (unpaired) electrons. The van der Waals surface area contributed by atoms with Gasteiger partial charge in [-0.1, -0.05) is 0 Å². The summed E-state index contributed by atoms with van der Waals surface area (Å²) in [6.45, 7) is 1.61. The van der Waals surface area contributed by atoms with E-state index in [-0.39, 0.29) is 0 Å². The molecular weight excluding hydrogens is 338 g/mol. The predicted octanol–water partition coefficient (Wildman–Crippen LogP) is 2.91. The minimum Gasteiger partial charge on any atom is -0.480 e. The lowest BCUT2D eigenvalue weighted by Gasteiger charge is -2.15. The standard InChI is InChI=1S/C17H17N5O2S/c1-9(17(23)24)20-15-13-10-4-2-3-5-12(10)25-16(13)22-14(21-15)11-8-18-6-7-19-11/h6-9H,2-5H2,1H3,(H,23,24)(H,20,21,22)/t9-/m0/s1. The number of hydrogen-bond donors (Lipinski definition) is 2. The molecule has 3 aromatic rings. The Morgan fingerprint density at radius 2 is 2.12 bits per heavy atom. The number of carboxylic acid groups (broad SMARTS) is 1. The van der Waals surface area contributed by atoms with Crippen molar-refractivity contribution in [3.63, 3.8) is 0 Å². The minimum atomic E-state index is -0.920. The molecule has 1 aliphatic carbocycles. The number of rotatable bonds is 4. The quantitative estimate of drug-likeness (QED) is 0.742. The lowest BCUT2D eigenvalue weighted by Crippen LogP contribution is -2.26. The van der Waals surface area contributed by atoms with Gasteiger partial charge < -0.3 is 10.4 Å². The molecule has 0 aromatic carbocycles. The number of aliphatic carboxylic acids is 1. The topological polar surface area (TPSA) is 101 Å². The van der Waals surface area contributed by atoms with Crippen molar-refractivity contribution in [3.05, 3.63) is 29.0 Å². The van der Waals surface area contributed by atoms with Gasteiger partial charge >= 0.3 is 5.97 Å². The van der Waals surface area contributed by atoms with Gasteiger partial charge in [0, 0.05) is 17.3 Å². The normalized spacial score (nSPS) is 14.9. The first-order valence-corrected chi connectivity index (χ1v) is 9.03. The smallest absolute Gasteiger partial charge is 0.325 e. The largest absolute Gasteiger partial charge is 0.480 e. The van der Waals surface area contributed by atoms with Crippen LogP contribution in [0.15, 0.2) is 18.6 Å². The number of nitrogens with one attached hydrogen (secondary N) is 1. The van der Waals surface area contributed by atoms with Crippen molar-refractivity contribution < 1.29 is 9.90 Å². The summed E-state index contributed by atoms with van der Waals surface area (Å²) in [7, 11) is 0. The molecule has 0 bridgehead atoms. The van der Waals surface area contributed by atoms with E-state index in [1.54, 1.807) is 36.9 Å². The molecule has 4 rings (SSSR count). The fraction of sp³-hybridized carbons (Fsp3) is 0.353. The van der Waals surface area contributed by atoms with E-state index in [1.165, 1.54) is 16.9 Å². The summed E-state index contributed by atoms with van der Waals surface area (Å²) < 4.78 is 0. The second kappa shape index (κ2) is 6.36. The van der Waals surface area contributed by atoms with Crippen molar-refractivity contribution >= 4 is 33.3 Å². The van der Waals surface area contributed by atoms with Crippen molar-refractivity contribution in [2.75, 3.05) is 5.32 Å². The van der Waals surface area contributed by atoms with Crippen LogP contribution in [0.2, 0.25) is 0 Å². The fourth-order valence-electron chi connectivity index (χ4n) is 3.06. The lowest BCUT2D eigenvalue weighted by atomic mass is 9.97. The molecule has 3 aromatic heterocycles. The number of carboxylic acids is 1. The van der Waals surface area contributed by atoms with Crippen LogP contribution in [0, 0.1) is 0 Å². The number of thiophene rings is 1. The summed E-state index contributed by atoms with van der Waals surface area (Å²) in [5, 5.41) is 13.3. The van der Waals surface area contributed by atoms with Gasteiger partial charge in [0.1, 0.15) is 22.4 Å². The van der Waals surface area contributed by atoms with Gasteiger partial charge in [0.15, 0.2) is 5.82 Å². The van der Waals surface area contributed by atoms with Crippen LogP contribution >= 0.6 is 11.3 Å². The Labute approximate surface area is 148 Å². The van der Waals surface area contributed by atoms with Crippen LogP contribution in [0.1, 0.15) is 30.2 Å². The van der Waals surface area contributed by atoms with Crippen LogP contribution in [-0.4, -0.2) is 37.1 Å². The average Bonchev–Trinajstić information content (AvgIpc) is 3.01. The van der Waals surface area contributed by atoms with Gasteiger partial charge in [0.05, 0.1) is 11.6 Å². The van der Waals surface area contributed by atoms with E-state index in [2.05, 4.69) is 25.3 Å². The van der Waals surface area contributed by atoms with Gasteiger partial charge in [-0.3, -0.25) is 9.78 Å². The Bertz CT molecular complexity index is 941. The highest BCUT2D eigenvalue weighted by atomic mass is 32.1. The zero-order valence-electron chi connectivity index (χ0n) is 13.7. The van der Waals surface area contributed by atoms with Crippen molar-refractivity contribution in [1.82, 2.24) is 19.9 Å². The third-order valence-corrected chi connectivity index (χ3v) is 5.52. The van der Waals surface area contributed by atoms with Gasteiger partial charge in [0.25, 0.3) is 0 Å². The number of nitrogens with zero attached hydrogens (tertiary/aromatic N) is 4. The van der Waals surface area contributed by atoms with E-state index in [9.17, 15) is 9.90 Å². The van der Waals surface area contributed by atoms with Crippen LogP contribution in [0.4, 0.5) is 5.82 Å². The Hall–Kier alpha value is -2.61. The van der Waals surface area contributed by atoms with E-state index >= 15 is 0 Å². The Morgan fingerprint density at radius 1 is 1.28 bits per heavy atom. The molecule has 0 saturated heterocycles. The van der Waals surface area contributed by atoms with Gasteiger partial charge in [-0.25, -0.2) is 15.0 Å². The maximum Gasteiger partial charge on any atom is 0.325 e. The zero-order valence-corrected chi connectivity index (χ0v) is 14.5. The SMILES string of the molecule is C[C@H](Nc1nc(-c2cnccn2)nc2sc3c(c12)CCCC3)C(=O)O. The number of anilines is 1. The monoisotopic (exact) mass is 355 g/mol. The minimum absolute atomic E-state index is 0.458. The Balaban J connectivity index is 1.91. The molecule has 7 nitrogen and oxygen atoms in total. The second-order valence-electron chi connectivity index (χ2n) is 6.08. The molecule has 3 heterocycles. The number of carbonyl (C=O) groups is 1. The molecule has 1 atom stereocenters. The van der Waals surface area contributed by atoms with E-state index in [0.717, 1.165) is 29.5 Å². The van der Waals surface area contributed by atoms with Gasteiger partial charge in [0.2, 0.25) is 0 Å². The zero-order chi connectivity index (χ0) is 17.4. The van der Waals surface area contributed by atoms with Crippen LogP contribution in [-0.2, 0) is 17.6 Å². The van der Waals surface area contributed by atoms with Gasteiger partial charge in [-0.15, -0.1) is 11.3 Å². The van der Waals surface area contributed by atoms with E-state index < -0.39 is 12.0 Å². The van der Waals surface area contributed by atoms with Gasteiger partial charge in [-0.2, -0.15) is 0 Å². The Morgan fingerprint density at radius 3 is 2.88 bits per heavy atom. The third kappa shape index (κ3) is 2.93. The lowest BCUT2D eigenvalue weighted by molar-refractivity contribution is -0.137. The van der Waals surface area contributed by atoms with Crippen molar-refractivity contribution in [2.45, 2.75) is 38.6 Å². The van der Waals surface area contributed by atoms with Crippen molar-refractivity contribution in [3.8, 4) is 11.5 Å². The maximum absolute atomic E-state index is 11.3. The number of hydrogen-bond acceptors (Lipinski definition) is 7. The maximum atomic E-state index is 11.3. The molecular formula is C17H17N5O2S. The highest BCUT2D eigenvalue weighted by molar-refractivity contribution is 7.19. The molecule has 128 valence electrons. The highest BCUT2D eigenvalue weighted by Gasteiger charge is 2.23. The van der Waals surface area contributed by atoms with Crippen LogP contribution < -0.4 is 5.32 Å². The molecule has 0 amide bonds. The van der Waals surface area contributed by atoms with Crippen LogP contribution in [0.3, 0.4) is 0 Å². The number of aryl methyl sites for hydroxylation is 2. The molecule has 2 N–H and O–H groups in total. The summed E-state index contributed by atoms with van der Waals surface area (Å²) in [5.74, 6) is 0.108.